The van der Waals surface area contributed by atoms with Gasteiger partial charge in [0.05, 0.1) is 0 Å². The van der Waals surface area contributed by atoms with E-state index in [4.69, 9.17) is 5.11 Å². The van der Waals surface area contributed by atoms with Gasteiger partial charge in [-0.3, -0.25) is 4.94 Å². The largest absolute Gasteiger partial charge is 0.508 e. The summed E-state index contributed by atoms with van der Waals surface area (Å²) in [6, 6.07) is 6.08. The number of phenols is 1. The van der Waals surface area contributed by atoms with Crippen molar-refractivity contribution in [1.29, 1.82) is 0 Å². The molecule has 1 aromatic rings. The molecule has 0 saturated carbocycles. The van der Waals surface area contributed by atoms with Crippen molar-refractivity contribution in [3.05, 3.63) is 35.9 Å². The van der Waals surface area contributed by atoms with Gasteiger partial charge in [0.15, 0.2) is 0 Å². The van der Waals surface area contributed by atoms with Crippen molar-refractivity contribution >= 4 is 12.0 Å². The Morgan fingerprint density at radius 1 is 1.38 bits per heavy atom. The van der Waals surface area contributed by atoms with Crippen LogP contribution in [0.3, 0.4) is 0 Å². The van der Waals surface area contributed by atoms with E-state index in [0.29, 0.717) is 5.56 Å². The molecular formula is C9H7FO3. The minimum absolute atomic E-state index is 0.130. The predicted octanol–water partition coefficient (Wildman–Crippen LogP) is 1.83. The van der Waals surface area contributed by atoms with Crippen LogP contribution in [-0.2, 0) is 9.74 Å². The Morgan fingerprint density at radius 3 is 2.54 bits per heavy atom. The molecule has 68 valence electrons. The number of benzene rings is 1. The molecule has 0 fully saturated rings. The minimum atomic E-state index is -1.06. The van der Waals surface area contributed by atoms with Crippen molar-refractivity contribution in [1.82, 2.24) is 0 Å². The maximum atomic E-state index is 11.2. The molecule has 0 amide bonds. The molecule has 0 aliphatic heterocycles. The molecule has 0 atom stereocenters. The second-order valence-electron chi connectivity index (χ2n) is 2.32. The van der Waals surface area contributed by atoms with Crippen LogP contribution in [-0.4, -0.2) is 11.1 Å². The molecule has 0 spiro atoms. The minimum Gasteiger partial charge on any atom is -0.508 e. The summed E-state index contributed by atoms with van der Waals surface area (Å²) in [5.41, 5.74) is 0.670. The van der Waals surface area contributed by atoms with Crippen LogP contribution in [0.5, 0.6) is 5.75 Å². The van der Waals surface area contributed by atoms with E-state index in [9.17, 15) is 9.32 Å². The third-order valence-electron chi connectivity index (χ3n) is 1.38. The van der Waals surface area contributed by atoms with E-state index in [1.807, 2.05) is 0 Å². The third kappa shape index (κ3) is 2.94. The van der Waals surface area contributed by atoms with Crippen LogP contribution in [0, 0.1) is 0 Å². The predicted molar refractivity (Wildman–Crippen MR) is 44.3 cm³/mol. The first-order chi connectivity index (χ1) is 6.22. The van der Waals surface area contributed by atoms with Crippen molar-refractivity contribution in [2.45, 2.75) is 0 Å². The highest BCUT2D eigenvalue weighted by Gasteiger charge is 1.94. The Balaban J connectivity index is 2.69. The summed E-state index contributed by atoms with van der Waals surface area (Å²) in [5.74, 6) is -0.932. The van der Waals surface area contributed by atoms with Crippen molar-refractivity contribution in [3.8, 4) is 5.75 Å². The second kappa shape index (κ2) is 4.25. The Hall–Kier alpha value is -1.84. The van der Waals surface area contributed by atoms with Gasteiger partial charge in [0, 0.05) is 10.6 Å². The molecule has 0 aromatic heterocycles. The fourth-order valence-corrected chi connectivity index (χ4v) is 0.775. The molecule has 0 radical (unpaired) electrons. The van der Waals surface area contributed by atoms with E-state index in [0.717, 1.165) is 6.08 Å². The fourth-order valence-electron chi connectivity index (χ4n) is 0.775. The van der Waals surface area contributed by atoms with E-state index in [1.54, 1.807) is 12.1 Å². The number of carbonyl (C=O) groups is 1. The smallest absolute Gasteiger partial charge is 0.372 e. The molecule has 1 rings (SSSR count). The van der Waals surface area contributed by atoms with Gasteiger partial charge in [-0.05, 0) is 23.8 Å². The molecule has 13 heavy (non-hydrogen) atoms. The van der Waals surface area contributed by atoms with Gasteiger partial charge in [0.25, 0.3) is 0 Å². The molecule has 0 aliphatic rings. The zero-order valence-corrected chi connectivity index (χ0v) is 6.61. The van der Waals surface area contributed by atoms with Crippen molar-refractivity contribution < 1.29 is 19.4 Å². The number of phenolic OH excluding ortho intramolecular Hbond substituents is 1. The first kappa shape index (κ1) is 9.25. The zero-order chi connectivity index (χ0) is 9.68. The fraction of sp³-hybridized carbons (Fsp3) is 0. The van der Waals surface area contributed by atoms with Crippen LogP contribution in [0.1, 0.15) is 5.56 Å². The first-order valence-corrected chi connectivity index (χ1v) is 3.52. The molecule has 3 nitrogen and oxygen atoms in total. The molecule has 0 unspecified atom stereocenters. The van der Waals surface area contributed by atoms with Gasteiger partial charge in [-0.2, -0.15) is 0 Å². The average Bonchev–Trinajstić information content (AvgIpc) is 2.16. The van der Waals surface area contributed by atoms with Crippen LogP contribution >= 0.6 is 0 Å². The topological polar surface area (TPSA) is 46.5 Å². The lowest BCUT2D eigenvalue weighted by atomic mass is 10.2. The normalized spacial score (nSPS) is 10.2. The highest BCUT2D eigenvalue weighted by Crippen LogP contribution is 2.10. The molecule has 1 aromatic carbocycles. The van der Waals surface area contributed by atoms with Crippen LogP contribution in [0.2, 0.25) is 0 Å². The highest BCUT2D eigenvalue weighted by molar-refractivity contribution is 5.86. The molecule has 4 heteroatoms. The Bertz CT molecular complexity index is 316. The van der Waals surface area contributed by atoms with Gasteiger partial charge in [-0.25, -0.2) is 4.79 Å². The average molecular weight is 182 g/mol. The number of hydrogen-bond donors (Lipinski definition) is 1. The van der Waals surface area contributed by atoms with Gasteiger partial charge in [0.2, 0.25) is 0 Å². The lowest BCUT2D eigenvalue weighted by Crippen LogP contribution is -1.89. The Kier molecular flexibility index (Phi) is 3.03. The molecule has 0 saturated heterocycles. The number of aromatic hydroxyl groups is 1. The lowest BCUT2D eigenvalue weighted by molar-refractivity contribution is -0.176. The van der Waals surface area contributed by atoms with E-state index in [1.165, 1.54) is 18.2 Å². The quantitative estimate of drug-likeness (QED) is 0.710. The van der Waals surface area contributed by atoms with Gasteiger partial charge < -0.3 is 5.11 Å². The van der Waals surface area contributed by atoms with Crippen LogP contribution in [0.25, 0.3) is 6.08 Å². The molecule has 0 heterocycles. The number of rotatable bonds is 2. The Morgan fingerprint density at radius 2 is 2.00 bits per heavy atom. The number of carbonyl (C=O) groups excluding carboxylic acids is 1. The van der Waals surface area contributed by atoms with Crippen molar-refractivity contribution in [3.63, 3.8) is 0 Å². The summed E-state index contributed by atoms with van der Waals surface area (Å²) in [6.45, 7) is 0. The summed E-state index contributed by atoms with van der Waals surface area (Å²) in [5, 5.41) is 8.90. The second-order valence-corrected chi connectivity index (χ2v) is 2.32. The number of halogens is 1. The van der Waals surface area contributed by atoms with Crippen molar-refractivity contribution in [2.75, 3.05) is 0 Å². The maximum absolute atomic E-state index is 11.2. The van der Waals surface area contributed by atoms with E-state index in [2.05, 4.69) is 4.94 Å². The van der Waals surface area contributed by atoms with Crippen LogP contribution in [0.4, 0.5) is 4.53 Å². The number of hydrogen-bond acceptors (Lipinski definition) is 3. The van der Waals surface area contributed by atoms with Gasteiger partial charge in [-0.1, -0.05) is 12.1 Å². The standard InChI is InChI=1S/C9H7FO3/c10-13-9(12)6-3-7-1-4-8(11)5-2-7/h1-6,11H/b6-3+. The summed E-state index contributed by atoms with van der Waals surface area (Å²) < 4.78 is 11.2. The van der Waals surface area contributed by atoms with E-state index < -0.39 is 5.97 Å². The zero-order valence-electron chi connectivity index (χ0n) is 6.61. The monoisotopic (exact) mass is 182 g/mol. The molecule has 0 bridgehead atoms. The van der Waals surface area contributed by atoms with Crippen molar-refractivity contribution in [2.24, 2.45) is 0 Å². The summed E-state index contributed by atoms with van der Waals surface area (Å²) in [4.78, 5) is 13.2. The van der Waals surface area contributed by atoms with E-state index >= 15 is 0 Å². The van der Waals surface area contributed by atoms with E-state index in [-0.39, 0.29) is 5.75 Å². The van der Waals surface area contributed by atoms with Crippen LogP contribution in [0.15, 0.2) is 30.3 Å². The maximum Gasteiger partial charge on any atom is 0.372 e. The molecular weight excluding hydrogens is 175 g/mol. The molecule has 0 aliphatic carbocycles. The SMILES string of the molecule is O=C(/C=C/c1ccc(O)cc1)OF. The first-order valence-electron chi connectivity index (χ1n) is 3.52. The summed E-state index contributed by atoms with van der Waals surface area (Å²) in [7, 11) is 0. The van der Waals surface area contributed by atoms with Crippen LogP contribution < -0.4 is 0 Å². The molecule has 1 N–H and O–H groups in total. The summed E-state index contributed by atoms with van der Waals surface area (Å²) in [6.07, 6.45) is 2.33. The van der Waals surface area contributed by atoms with Gasteiger partial charge in [0.1, 0.15) is 5.75 Å². The summed E-state index contributed by atoms with van der Waals surface area (Å²) >= 11 is 0. The lowest BCUT2D eigenvalue weighted by Gasteiger charge is -1.92. The Labute approximate surface area is 74.0 Å². The highest BCUT2D eigenvalue weighted by atomic mass is 19.3. The van der Waals surface area contributed by atoms with Gasteiger partial charge >= 0.3 is 5.97 Å². The van der Waals surface area contributed by atoms with Gasteiger partial charge in [-0.15, -0.1) is 0 Å². The third-order valence-corrected chi connectivity index (χ3v) is 1.38.